The van der Waals surface area contributed by atoms with E-state index in [4.69, 9.17) is 4.74 Å². The summed E-state index contributed by atoms with van der Waals surface area (Å²) in [5, 5.41) is 9.20. The molecule has 0 aromatic heterocycles. The van der Waals surface area contributed by atoms with Crippen LogP contribution < -0.4 is 0 Å². The standard InChI is InChI=1S/C21H19N3O5S/c22-14-16-6-2-4-8-19(16)30(27,28)24-11-9-23(10-12-24)20(25)18-13-15-5-1-3-7-17(15)21(26)29-18/h1-8,18H,9-13H2/t18-/m0/s1. The molecule has 1 fully saturated rings. The maximum absolute atomic E-state index is 12.9. The minimum Gasteiger partial charge on any atom is -0.448 e. The zero-order chi connectivity index (χ0) is 21.3. The number of nitriles is 1. The maximum atomic E-state index is 12.9. The molecule has 2 aromatic rings. The highest BCUT2D eigenvalue weighted by atomic mass is 32.2. The molecule has 0 aliphatic carbocycles. The molecule has 0 unspecified atom stereocenters. The number of cyclic esters (lactones) is 1. The number of hydrogen-bond donors (Lipinski definition) is 0. The van der Waals surface area contributed by atoms with Crippen molar-refractivity contribution >= 4 is 21.9 Å². The molecule has 2 aromatic carbocycles. The summed E-state index contributed by atoms with van der Waals surface area (Å²) in [6.45, 7) is 0.571. The summed E-state index contributed by atoms with van der Waals surface area (Å²) in [4.78, 5) is 26.5. The van der Waals surface area contributed by atoms with Gasteiger partial charge >= 0.3 is 5.97 Å². The highest BCUT2D eigenvalue weighted by Gasteiger charge is 2.37. The summed E-state index contributed by atoms with van der Waals surface area (Å²) in [5.74, 6) is -0.850. The van der Waals surface area contributed by atoms with Gasteiger partial charge in [0.05, 0.1) is 16.0 Å². The largest absolute Gasteiger partial charge is 0.448 e. The van der Waals surface area contributed by atoms with E-state index in [0.29, 0.717) is 12.0 Å². The van der Waals surface area contributed by atoms with Gasteiger partial charge in [0.1, 0.15) is 6.07 Å². The van der Waals surface area contributed by atoms with Crippen molar-refractivity contribution in [2.75, 3.05) is 26.2 Å². The monoisotopic (exact) mass is 425 g/mol. The predicted molar refractivity (Wildman–Crippen MR) is 106 cm³/mol. The van der Waals surface area contributed by atoms with Crippen molar-refractivity contribution in [3.05, 3.63) is 65.2 Å². The highest BCUT2D eigenvalue weighted by molar-refractivity contribution is 7.89. The van der Waals surface area contributed by atoms with E-state index in [1.807, 2.05) is 12.1 Å². The van der Waals surface area contributed by atoms with Gasteiger partial charge in [-0.25, -0.2) is 13.2 Å². The second kappa shape index (κ2) is 7.89. The lowest BCUT2D eigenvalue weighted by Crippen LogP contribution is -2.54. The van der Waals surface area contributed by atoms with Gasteiger partial charge in [-0.2, -0.15) is 9.57 Å². The molecular weight excluding hydrogens is 406 g/mol. The number of sulfonamides is 1. The summed E-state index contributed by atoms with van der Waals surface area (Å²) in [5.41, 5.74) is 1.32. The van der Waals surface area contributed by atoms with Gasteiger partial charge in [0.15, 0.2) is 6.10 Å². The Morgan fingerprint density at radius 2 is 1.70 bits per heavy atom. The van der Waals surface area contributed by atoms with Crippen LogP contribution in [-0.2, 0) is 26.0 Å². The minimum atomic E-state index is -3.84. The summed E-state index contributed by atoms with van der Waals surface area (Å²) in [6, 6.07) is 15.0. The number of benzene rings is 2. The van der Waals surface area contributed by atoms with Crippen LogP contribution in [0.3, 0.4) is 0 Å². The van der Waals surface area contributed by atoms with Gasteiger partial charge in [0.25, 0.3) is 5.91 Å². The fourth-order valence-corrected chi connectivity index (χ4v) is 5.31. The molecule has 0 radical (unpaired) electrons. The Bertz CT molecular complexity index is 1150. The molecule has 2 heterocycles. The van der Waals surface area contributed by atoms with E-state index >= 15 is 0 Å². The fourth-order valence-electron chi connectivity index (χ4n) is 3.74. The number of amides is 1. The Morgan fingerprint density at radius 3 is 2.43 bits per heavy atom. The van der Waals surface area contributed by atoms with Crippen LogP contribution in [0.4, 0.5) is 0 Å². The predicted octanol–water partition coefficient (Wildman–Crippen LogP) is 1.17. The van der Waals surface area contributed by atoms with E-state index in [1.54, 1.807) is 30.3 Å². The van der Waals surface area contributed by atoms with Gasteiger partial charge in [-0.05, 0) is 23.8 Å². The first kappa shape index (κ1) is 20.1. The average Bonchev–Trinajstić information content (AvgIpc) is 2.78. The number of fused-ring (bicyclic) bond motifs is 1. The van der Waals surface area contributed by atoms with Crippen molar-refractivity contribution in [2.45, 2.75) is 17.4 Å². The summed E-state index contributed by atoms with van der Waals surface area (Å²) < 4.78 is 32.5. The van der Waals surface area contributed by atoms with Crippen LogP contribution >= 0.6 is 0 Å². The summed E-state index contributed by atoms with van der Waals surface area (Å²) in [7, 11) is -3.84. The third-order valence-corrected chi connectivity index (χ3v) is 7.30. The van der Waals surface area contributed by atoms with Crippen LogP contribution in [0.1, 0.15) is 21.5 Å². The fraction of sp³-hybridized carbons (Fsp3) is 0.286. The Labute approximate surface area is 174 Å². The number of piperazine rings is 1. The van der Waals surface area contributed by atoms with E-state index < -0.39 is 22.1 Å². The topological polar surface area (TPSA) is 108 Å². The van der Waals surface area contributed by atoms with E-state index in [2.05, 4.69) is 0 Å². The molecule has 30 heavy (non-hydrogen) atoms. The summed E-state index contributed by atoms with van der Waals surface area (Å²) >= 11 is 0. The van der Waals surface area contributed by atoms with Gasteiger partial charge in [-0.3, -0.25) is 4.79 Å². The molecule has 0 saturated carbocycles. The van der Waals surface area contributed by atoms with Crippen molar-refractivity contribution in [2.24, 2.45) is 0 Å². The number of hydrogen-bond acceptors (Lipinski definition) is 6. The Balaban J connectivity index is 1.44. The van der Waals surface area contributed by atoms with E-state index in [1.165, 1.54) is 21.3 Å². The molecule has 9 heteroatoms. The first-order valence-electron chi connectivity index (χ1n) is 9.49. The number of carbonyl (C=O) groups excluding carboxylic acids is 2. The smallest absolute Gasteiger partial charge is 0.339 e. The molecule has 1 atom stereocenters. The number of nitrogens with zero attached hydrogens (tertiary/aromatic N) is 3. The second-order valence-electron chi connectivity index (χ2n) is 7.09. The third kappa shape index (κ3) is 3.56. The molecule has 8 nitrogen and oxygen atoms in total. The van der Waals surface area contributed by atoms with Crippen molar-refractivity contribution in [3.63, 3.8) is 0 Å². The minimum absolute atomic E-state index is 0.0369. The van der Waals surface area contributed by atoms with Crippen LogP contribution in [0.2, 0.25) is 0 Å². The molecule has 0 bridgehead atoms. The highest BCUT2D eigenvalue weighted by Crippen LogP contribution is 2.24. The van der Waals surface area contributed by atoms with Crippen LogP contribution in [-0.4, -0.2) is 61.8 Å². The van der Waals surface area contributed by atoms with Gasteiger partial charge < -0.3 is 9.64 Å². The molecule has 2 aliphatic heterocycles. The Morgan fingerprint density at radius 1 is 1.03 bits per heavy atom. The molecule has 2 aliphatic rings. The van der Waals surface area contributed by atoms with Crippen molar-refractivity contribution < 1.29 is 22.7 Å². The van der Waals surface area contributed by atoms with Gasteiger partial charge in [0.2, 0.25) is 10.0 Å². The normalized spacial score (nSPS) is 19.5. The van der Waals surface area contributed by atoms with Gasteiger partial charge in [-0.1, -0.05) is 30.3 Å². The number of ether oxygens (including phenoxy) is 1. The number of rotatable bonds is 3. The Kier molecular flexibility index (Phi) is 5.28. The molecule has 0 N–H and O–H groups in total. The van der Waals surface area contributed by atoms with E-state index in [0.717, 1.165) is 5.56 Å². The quantitative estimate of drug-likeness (QED) is 0.683. The van der Waals surface area contributed by atoms with Crippen molar-refractivity contribution in [1.29, 1.82) is 5.26 Å². The van der Waals surface area contributed by atoms with Crippen LogP contribution in [0.15, 0.2) is 53.4 Å². The van der Waals surface area contributed by atoms with Crippen LogP contribution in [0.25, 0.3) is 0 Å². The van der Waals surface area contributed by atoms with Crippen LogP contribution in [0.5, 0.6) is 0 Å². The van der Waals surface area contributed by atoms with Crippen molar-refractivity contribution in [1.82, 2.24) is 9.21 Å². The maximum Gasteiger partial charge on any atom is 0.339 e. The third-order valence-electron chi connectivity index (χ3n) is 5.34. The molecule has 154 valence electrons. The lowest BCUT2D eigenvalue weighted by atomic mass is 9.98. The van der Waals surface area contributed by atoms with Gasteiger partial charge in [-0.15, -0.1) is 0 Å². The first-order valence-corrected chi connectivity index (χ1v) is 10.9. The molecule has 1 saturated heterocycles. The number of esters is 1. The van der Waals surface area contributed by atoms with Crippen LogP contribution in [0, 0.1) is 11.3 Å². The van der Waals surface area contributed by atoms with E-state index in [9.17, 15) is 23.3 Å². The Hall–Kier alpha value is -3.22. The first-order chi connectivity index (χ1) is 14.4. The van der Waals surface area contributed by atoms with Crippen molar-refractivity contribution in [3.8, 4) is 6.07 Å². The zero-order valence-electron chi connectivity index (χ0n) is 16.0. The zero-order valence-corrected chi connectivity index (χ0v) is 16.8. The SMILES string of the molecule is N#Cc1ccccc1S(=O)(=O)N1CCN(C(=O)[C@@H]2Cc3ccccc3C(=O)O2)CC1. The second-order valence-corrected chi connectivity index (χ2v) is 9.00. The molecule has 4 rings (SSSR count). The molecule has 1 amide bonds. The summed E-state index contributed by atoms with van der Waals surface area (Å²) in [6.07, 6.45) is -0.607. The molecular formula is C21H19N3O5S. The lowest BCUT2D eigenvalue weighted by Gasteiger charge is -2.36. The van der Waals surface area contributed by atoms with Gasteiger partial charge in [0, 0.05) is 32.6 Å². The van der Waals surface area contributed by atoms with E-state index in [-0.39, 0.29) is 42.5 Å². The lowest BCUT2D eigenvalue weighted by molar-refractivity contribution is -0.142. The molecule has 0 spiro atoms. The average molecular weight is 425 g/mol. The number of carbonyl (C=O) groups is 2.